The zero-order chi connectivity index (χ0) is 13.0. The molecule has 1 N–H and O–H groups in total. The molecule has 18 heavy (non-hydrogen) atoms. The van der Waals surface area contributed by atoms with Gasteiger partial charge in [-0.3, -0.25) is 9.58 Å². The molecule has 1 fully saturated rings. The molecule has 1 aromatic heterocycles. The Morgan fingerprint density at radius 3 is 2.89 bits per heavy atom. The van der Waals surface area contributed by atoms with Crippen LogP contribution in [-0.2, 0) is 7.05 Å². The molecule has 1 saturated heterocycles. The number of nitrogens with one attached hydrogen (secondary N) is 1. The highest BCUT2D eigenvalue weighted by Gasteiger charge is 2.29. The lowest BCUT2D eigenvalue weighted by Gasteiger charge is -2.31. The molecule has 1 aromatic rings. The molecule has 2 rings (SSSR count). The van der Waals surface area contributed by atoms with Gasteiger partial charge in [-0.1, -0.05) is 13.3 Å². The molecule has 0 saturated carbocycles. The van der Waals surface area contributed by atoms with Crippen molar-refractivity contribution in [1.29, 1.82) is 0 Å². The van der Waals surface area contributed by atoms with Gasteiger partial charge in [0.05, 0.1) is 6.20 Å². The van der Waals surface area contributed by atoms with Gasteiger partial charge >= 0.3 is 0 Å². The zero-order valence-corrected chi connectivity index (χ0v) is 11.9. The second kappa shape index (κ2) is 6.34. The molecule has 0 spiro atoms. The van der Waals surface area contributed by atoms with Gasteiger partial charge in [-0.2, -0.15) is 5.10 Å². The number of rotatable bonds is 4. The van der Waals surface area contributed by atoms with Gasteiger partial charge in [0.2, 0.25) is 0 Å². The van der Waals surface area contributed by atoms with E-state index in [1.54, 1.807) is 0 Å². The first kappa shape index (κ1) is 13.6. The lowest BCUT2D eigenvalue weighted by Crippen LogP contribution is -2.34. The number of likely N-dealkylation sites (tertiary alicyclic amines) is 1. The maximum Gasteiger partial charge on any atom is 0.0537 e. The summed E-state index contributed by atoms with van der Waals surface area (Å²) < 4.78 is 1.92. The highest BCUT2D eigenvalue weighted by Crippen LogP contribution is 2.33. The van der Waals surface area contributed by atoms with Crippen molar-refractivity contribution in [2.24, 2.45) is 13.0 Å². The van der Waals surface area contributed by atoms with E-state index in [2.05, 4.69) is 35.5 Å². The van der Waals surface area contributed by atoms with Crippen molar-refractivity contribution < 1.29 is 0 Å². The van der Waals surface area contributed by atoms with Crippen molar-refractivity contribution in [2.45, 2.75) is 32.2 Å². The second-order valence-corrected chi connectivity index (χ2v) is 5.44. The van der Waals surface area contributed by atoms with Gasteiger partial charge in [-0.25, -0.2) is 0 Å². The Kier molecular flexibility index (Phi) is 4.78. The highest BCUT2D eigenvalue weighted by molar-refractivity contribution is 5.12. The van der Waals surface area contributed by atoms with Gasteiger partial charge in [-0.05, 0) is 45.4 Å². The molecule has 0 aliphatic carbocycles. The molecule has 1 aliphatic rings. The molecule has 1 aliphatic heterocycles. The van der Waals surface area contributed by atoms with Gasteiger partial charge in [0.15, 0.2) is 0 Å². The first-order valence-corrected chi connectivity index (χ1v) is 7.12. The lowest BCUT2D eigenvalue weighted by atomic mass is 9.91. The maximum atomic E-state index is 4.34. The summed E-state index contributed by atoms with van der Waals surface area (Å²) in [5.41, 5.74) is 1.37. The molecule has 4 heteroatoms. The number of hydrogen-bond acceptors (Lipinski definition) is 3. The Hall–Kier alpha value is -0.870. The van der Waals surface area contributed by atoms with Crippen LogP contribution in [-0.4, -0.2) is 41.4 Å². The Morgan fingerprint density at radius 2 is 2.22 bits per heavy atom. The summed E-state index contributed by atoms with van der Waals surface area (Å²) in [5, 5.41) is 7.86. The predicted octanol–water partition coefficient (Wildman–Crippen LogP) is 1.80. The van der Waals surface area contributed by atoms with Crippen molar-refractivity contribution in [1.82, 2.24) is 20.0 Å². The molecular weight excluding hydrogens is 224 g/mol. The molecule has 0 aromatic carbocycles. The normalized spacial score (nSPS) is 26.2. The summed E-state index contributed by atoms with van der Waals surface area (Å²) >= 11 is 0. The molecule has 0 amide bonds. The largest absolute Gasteiger partial charge is 0.317 e. The number of hydrogen-bond donors (Lipinski definition) is 1. The molecule has 4 nitrogen and oxygen atoms in total. The van der Waals surface area contributed by atoms with Crippen LogP contribution >= 0.6 is 0 Å². The summed E-state index contributed by atoms with van der Waals surface area (Å²) in [5.74, 6) is 0.696. The van der Waals surface area contributed by atoms with E-state index in [4.69, 9.17) is 0 Å². The standard InChI is InChI=1S/C14H26N4/c1-4-15-9-12-7-5-6-8-17(2)14(12)13-10-16-18(3)11-13/h10-12,14-15H,4-9H2,1-3H3. The summed E-state index contributed by atoms with van der Waals surface area (Å²) in [7, 11) is 4.25. The molecule has 2 atom stereocenters. The van der Waals surface area contributed by atoms with Crippen LogP contribution in [0.5, 0.6) is 0 Å². The Bertz CT molecular complexity index is 360. The van der Waals surface area contributed by atoms with E-state index < -0.39 is 0 Å². The smallest absolute Gasteiger partial charge is 0.0537 e. The van der Waals surface area contributed by atoms with Gasteiger partial charge in [0.25, 0.3) is 0 Å². The third-order valence-electron chi connectivity index (χ3n) is 3.98. The van der Waals surface area contributed by atoms with E-state index >= 15 is 0 Å². The topological polar surface area (TPSA) is 33.1 Å². The van der Waals surface area contributed by atoms with Crippen LogP contribution in [0.15, 0.2) is 12.4 Å². The van der Waals surface area contributed by atoms with E-state index in [1.165, 1.54) is 31.4 Å². The molecule has 2 heterocycles. The summed E-state index contributed by atoms with van der Waals surface area (Å²) in [6, 6.07) is 0.514. The average molecular weight is 250 g/mol. The van der Waals surface area contributed by atoms with Crippen LogP contribution < -0.4 is 5.32 Å². The van der Waals surface area contributed by atoms with Crippen molar-refractivity contribution in [3.63, 3.8) is 0 Å². The molecular formula is C14H26N4. The van der Waals surface area contributed by atoms with Crippen LogP contribution in [0.4, 0.5) is 0 Å². The van der Waals surface area contributed by atoms with E-state index in [-0.39, 0.29) is 0 Å². The summed E-state index contributed by atoms with van der Waals surface area (Å²) in [4.78, 5) is 2.51. The van der Waals surface area contributed by atoms with Crippen molar-refractivity contribution in [3.8, 4) is 0 Å². The summed E-state index contributed by atoms with van der Waals surface area (Å²) in [6.45, 7) is 5.54. The fourth-order valence-corrected chi connectivity index (χ4v) is 3.09. The van der Waals surface area contributed by atoms with Gasteiger partial charge in [0, 0.05) is 24.8 Å². The maximum absolute atomic E-state index is 4.34. The average Bonchev–Trinajstić information content (AvgIpc) is 2.68. The Morgan fingerprint density at radius 1 is 1.39 bits per heavy atom. The van der Waals surface area contributed by atoms with E-state index in [9.17, 15) is 0 Å². The van der Waals surface area contributed by atoms with E-state index in [0.717, 1.165) is 13.1 Å². The second-order valence-electron chi connectivity index (χ2n) is 5.44. The molecule has 0 bridgehead atoms. The Labute approximate surface area is 110 Å². The van der Waals surface area contributed by atoms with Crippen LogP contribution in [0.25, 0.3) is 0 Å². The van der Waals surface area contributed by atoms with Crippen LogP contribution in [0.2, 0.25) is 0 Å². The fourth-order valence-electron chi connectivity index (χ4n) is 3.09. The van der Waals surface area contributed by atoms with Gasteiger partial charge < -0.3 is 5.32 Å². The third kappa shape index (κ3) is 3.12. The van der Waals surface area contributed by atoms with Crippen molar-refractivity contribution in [2.75, 3.05) is 26.7 Å². The monoisotopic (exact) mass is 250 g/mol. The predicted molar refractivity (Wildman–Crippen MR) is 74.5 cm³/mol. The highest BCUT2D eigenvalue weighted by atomic mass is 15.2. The van der Waals surface area contributed by atoms with Crippen molar-refractivity contribution in [3.05, 3.63) is 18.0 Å². The Balaban J connectivity index is 2.17. The minimum atomic E-state index is 0.514. The third-order valence-corrected chi connectivity index (χ3v) is 3.98. The van der Waals surface area contributed by atoms with Gasteiger partial charge in [0.1, 0.15) is 0 Å². The quantitative estimate of drug-likeness (QED) is 0.884. The number of nitrogens with zero attached hydrogens (tertiary/aromatic N) is 3. The zero-order valence-electron chi connectivity index (χ0n) is 11.9. The SMILES string of the molecule is CCNCC1CCCCN(C)C1c1cnn(C)c1. The summed E-state index contributed by atoms with van der Waals surface area (Å²) in [6.07, 6.45) is 8.18. The number of aryl methyl sites for hydroxylation is 1. The molecule has 2 unspecified atom stereocenters. The molecule has 0 radical (unpaired) electrons. The van der Waals surface area contributed by atoms with E-state index in [0.29, 0.717) is 12.0 Å². The molecule has 102 valence electrons. The fraction of sp³-hybridized carbons (Fsp3) is 0.786. The first-order valence-electron chi connectivity index (χ1n) is 7.12. The van der Waals surface area contributed by atoms with Crippen molar-refractivity contribution >= 4 is 0 Å². The lowest BCUT2D eigenvalue weighted by molar-refractivity contribution is 0.189. The van der Waals surface area contributed by atoms with Crippen LogP contribution in [0, 0.1) is 5.92 Å². The number of aromatic nitrogens is 2. The van der Waals surface area contributed by atoms with E-state index in [1.807, 2.05) is 17.9 Å². The van der Waals surface area contributed by atoms with Crippen LogP contribution in [0.1, 0.15) is 37.8 Å². The first-order chi connectivity index (χ1) is 8.72. The van der Waals surface area contributed by atoms with Crippen LogP contribution in [0.3, 0.4) is 0 Å². The minimum Gasteiger partial charge on any atom is -0.317 e. The van der Waals surface area contributed by atoms with Gasteiger partial charge in [-0.15, -0.1) is 0 Å². The minimum absolute atomic E-state index is 0.514.